The summed E-state index contributed by atoms with van der Waals surface area (Å²) >= 11 is 0. The molecule has 0 aliphatic heterocycles. The average Bonchev–Trinajstić information content (AvgIpc) is 2.90. The summed E-state index contributed by atoms with van der Waals surface area (Å²) in [5, 5.41) is 13.9. The lowest BCUT2D eigenvalue weighted by molar-refractivity contribution is -0.150. The first-order chi connectivity index (χ1) is 8.10. The molecule has 1 atom stereocenters. The predicted molar refractivity (Wildman–Crippen MR) is 63.5 cm³/mol. The van der Waals surface area contributed by atoms with Gasteiger partial charge in [0.15, 0.2) is 0 Å². The molecule has 1 fully saturated rings. The van der Waals surface area contributed by atoms with Crippen LogP contribution in [0.3, 0.4) is 0 Å². The Balaban J connectivity index is 2.36. The topological polar surface area (TPSA) is 81.1 Å². The fourth-order valence-corrected chi connectivity index (χ4v) is 2.97. The molecule has 0 bridgehead atoms. The first kappa shape index (κ1) is 12.1. The van der Waals surface area contributed by atoms with Crippen molar-refractivity contribution in [3.8, 4) is 0 Å². The van der Waals surface area contributed by atoms with Crippen molar-refractivity contribution in [2.24, 2.45) is 18.2 Å². The van der Waals surface area contributed by atoms with Crippen LogP contribution in [0.4, 0.5) is 0 Å². The highest BCUT2D eigenvalue weighted by Gasteiger charge is 2.48. The third-order valence-corrected chi connectivity index (χ3v) is 3.92. The number of nitrogens with zero attached hydrogens (tertiary/aromatic N) is 2. The van der Waals surface area contributed by atoms with E-state index in [-0.39, 0.29) is 5.92 Å². The number of rotatable bonds is 4. The van der Waals surface area contributed by atoms with Gasteiger partial charge in [0.25, 0.3) is 0 Å². The van der Waals surface area contributed by atoms with Crippen LogP contribution in [-0.2, 0) is 11.8 Å². The maximum atomic E-state index is 11.6. The highest BCUT2D eigenvalue weighted by atomic mass is 16.4. The number of aromatic nitrogens is 2. The molecule has 5 heteroatoms. The molecule has 3 N–H and O–H groups in total. The van der Waals surface area contributed by atoms with Gasteiger partial charge in [-0.05, 0) is 18.9 Å². The molecule has 2 rings (SSSR count). The van der Waals surface area contributed by atoms with Crippen LogP contribution in [0.1, 0.15) is 37.3 Å². The number of nitrogens with two attached hydrogens (primary N) is 1. The van der Waals surface area contributed by atoms with Crippen molar-refractivity contribution in [1.29, 1.82) is 0 Å². The summed E-state index contributed by atoms with van der Waals surface area (Å²) in [6.45, 7) is 0.337. The number of carboxylic acid groups (broad SMARTS) is 1. The monoisotopic (exact) mass is 237 g/mol. The van der Waals surface area contributed by atoms with Crippen LogP contribution in [0, 0.1) is 5.41 Å². The third kappa shape index (κ3) is 1.95. The number of hydrogen-bond donors (Lipinski definition) is 2. The average molecular weight is 237 g/mol. The van der Waals surface area contributed by atoms with E-state index in [1.165, 1.54) is 0 Å². The molecule has 1 saturated carbocycles. The van der Waals surface area contributed by atoms with Crippen LogP contribution in [0.15, 0.2) is 12.3 Å². The van der Waals surface area contributed by atoms with Gasteiger partial charge in [-0.3, -0.25) is 9.48 Å². The third-order valence-electron chi connectivity index (χ3n) is 3.92. The van der Waals surface area contributed by atoms with Gasteiger partial charge in [0.1, 0.15) is 0 Å². The second-order valence-electron chi connectivity index (χ2n) is 4.87. The fraction of sp³-hybridized carbons (Fsp3) is 0.667. The second kappa shape index (κ2) is 4.49. The Morgan fingerprint density at radius 3 is 2.71 bits per heavy atom. The maximum absolute atomic E-state index is 11.6. The highest BCUT2D eigenvalue weighted by Crippen LogP contribution is 2.48. The molecule has 1 aliphatic carbocycles. The van der Waals surface area contributed by atoms with Crippen molar-refractivity contribution in [1.82, 2.24) is 9.78 Å². The fourth-order valence-electron chi connectivity index (χ4n) is 2.97. The number of carboxylic acids is 1. The first-order valence-electron chi connectivity index (χ1n) is 6.03. The van der Waals surface area contributed by atoms with Crippen LogP contribution < -0.4 is 5.73 Å². The second-order valence-corrected chi connectivity index (χ2v) is 4.87. The van der Waals surface area contributed by atoms with Crippen molar-refractivity contribution >= 4 is 5.97 Å². The van der Waals surface area contributed by atoms with Crippen LogP contribution in [0.2, 0.25) is 0 Å². The molecule has 1 aromatic heterocycles. The Bertz CT molecular complexity index is 408. The van der Waals surface area contributed by atoms with Gasteiger partial charge in [0, 0.05) is 25.7 Å². The number of carbonyl (C=O) groups is 1. The molecule has 0 radical (unpaired) electrons. The molecule has 17 heavy (non-hydrogen) atoms. The van der Waals surface area contributed by atoms with Gasteiger partial charge >= 0.3 is 5.97 Å². The van der Waals surface area contributed by atoms with Crippen LogP contribution >= 0.6 is 0 Å². The quantitative estimate of drug-likeness (QED) is 0.821. The summed E-state index contributed by atoms with van der Waals surface area (Å²) in [5.74, 6) is -0.903. The van der Waals surface area contributed by atoms with E-state index < -0.39 is 11.4 Å². The van der Waals surface area contributed by atoms with Gasteiger partial charge in [-0.25, -0.2) is 0 Å². The van der Waals surface area contributed by atoms with E-state index in [1.807, 2.05) is 19.3 Å². The Kier molecular flexibility index (Phi) is 3.19. The van der Waals surface area contributed by atoms with Crippen molar-refractivity contribution in [3.05, 3.63) is 18.0 Å². The molecule has 0 aromatic carbocycles. The van der Waals surface area contributed by atoms with Crippen LogP contribution in [0.5, 0.6) is 0 Å². The lowest BCUT2D eigenvalue weighted by Crippen LogP contribution is -2.38. The Hall–Kier alpha value is -1.36. The summed E-state index contributed by atoms with van der Waals surface area (Å²) < 4.78 is 1.70. The van der Waals surface area contributed by atoms with Crippen LogP contribution in [0.25, 0.3) is 0 Å². The predicted octanol–water partition coefficient (Wildman–Crippen LogP) is 1.11. The minimum Gasteiger partial charge on any atom is -0.481 e. The number of hydrogen-bond acceptors (Lipinski definition) is 3. The molecule has 1 aromatic rings. The van der Waals surface area contributed by atoms with E-state index in [0.29, 0.717) is 19.4 Å². The van der Waals surface area contributed by atoms with E-state index in [0.717, 1.165) is 18.5 Å². The molecule has 0 spiro atoms. The minimum absolute atomic E-state index is 0.177. The van der Waals surface area contributed by atoms with Gasteiger partial charge in [-0.2, -0.15) is 5.10 Å². The standard InChI is InChI=1S/C12H19N3O2/c1-15-7-4-10(14-15)9(8-13)12(11(16)17)5-2-3-6-12/h4,7,9H,2-3,5-6,8,13H2,1H3,(H,16,17). The zero-order valence-electron chi connectivity index (χ0n) is 10.1. The maximum Gasteiger partial charge on any atom is 0.310 e. The molecule has 0 saturated heterocycles. The molecule has 1 heterocycles. The summed E-state index contributed by atoms with van der Waals surface area (Å²) in [6, 6.07) is 1.88. The largest absolute Gasteiger partial charge is 0.481 e. The van der Waals surface area contributed by atoms with Gasteiger partial charge in [0.2, 0.25) is 0 Å². The summed E-state index contributed by atoms with van der Waals surface area (Å²) in [4.78, 5) is 11.6. The Morgan fingerprint density at radius 1 is 1.65 bits per heavy atom. The summed E-state index contributed by atoms with van der Waals surface area (Å²) in [7, 11) is 1.83. The lowest BCUT2D eigenvalue weighted by atomic mass is 9.72. The van der Waals surface area contributed by atoms with Crippen molar-refractivity contribution in [2.75, 3.05) is 6.54 Å². The molecule has 5 nitrogen and oxygen atoms in total. The lowest BCUT2D eigenvalue weighted by Gasteiger charge is -2.31. The Labute approximate surface area is 101 Å². The van der Waals surface area contributed by atoms with Gasteiger partial charge < -0.3 is 10.8 Å². The van der Waals surface area contributed by atoms with Crippen LogP contribution in [-0.4, -0.2) is 27.4 Å². The zero-order chi connectivity index (χ0) is 12.5. The normalized spacial score (nSPS) is 20.4. The molecular weight excluding hydrogens is 218 g/mol. The smallest absolute Gasteiger partial charge is 0.310 e. The van der Waals surface area contributed by atoms with Gasteiger partial charge in [0.05, 0.1) is 11.1 Å². The number of aryl methyl sites for hydroxylation is 1. The zero-order valence-corrected chi connectivity index (χ0v) is 10.1. The van der Waals surface area contributed by atoms with Crippen molar-refractivity contribution in [2.45, 2.75) is 31.6 Å². The molecule has 1 unspecified atom stereocenters. The van der Waals surface area contributed by atoms with E-state index >= 15 is 0 Å². The molecule has 1 aliphatic rings. The SMILES string of the molecule is Cn1ccc(C(CN)C2(C(=O)O)CCCC2)n1. The minimum atomic E-state index is -0.726. The summed E-state index contributed by atoms with van der Waals surface area (Å²) in [5.41, 5.74) is 5.90. The molecule has 94 valence electrons. The van der Waals surface area contributed by atoms with Gasteiger partial charge in [-0.15, -0.1) is 0 Å². The molecule has 0 amide bonds. The Morgan fingerprint density at radius 2 is 2.29 bits per heavy atom. The highest BCUT2D eigenvalue weighted by molar-refractivity contribution is 5.76. The number of aliphatic carboxylic acids is 1. The van der Waals surface area contributed by atoms with E-state index in [4.69, 9.17) is 5.73 Å². The first-order valence-corrected chi connectivity index (χ1v) is 6.03. The molecular formula is C12H19N3O2. The van der Waals surface area contributed by atoms with Gasteiger partial charge in [-0.1, -0.05) is 12.8 Å². The van der Waals surface area contributed by atoms with Crippen molar-refractivity contribution in [3.63, 3.8) is 0 Å². The van der Waals surface area contributed by atoms with E-state index in [9.17, 15) is 9.90 Å². The summed E-state index contributed by atoms with van der Waals surface area (Å²) in [6.07, 6.45) is 5.19. The van der Waals surface area contributed by atoms with Crippen molar-refractivity contribution < 1.29 is 9.90 Å². The van der Waals surface area contributed by atoms with E-state index in [2.05, 4.69) is 5.10 Å². The van der Waals surface area contributed by atoms with E-state index in [1.54, 1.807) is 4.68 Å².